The quantitative estimate of drug-likeness (QED) is 0.242. The number of para-hydroxylation sites is 1. The molecule has 0 atom stereocenters. The van der Waals surface area contributed by atoms with Crippen molar-refractivity contribution in [1.82, 2.24) is 4.98 Å². The summed E-state index contributed by atoms with van der Waals surface area (Å²) in [7, 11) is 0. The van der Waals surface area contributed by atoms with Crippen molar-refractivity contribution < 1.29 is 4.74 Å². The van der Waals surface area contributed by atoms with Crippen molar-refractivity contribution >= 4 is 11.3 Å². The van der Waals surface area contributed by atoms with Gasteiger partial charge < -0.3 is 4.74 Å². The van der Waals surface area contributed by atoms with Crippen LogP contribution < -0.4 is 4.74 Å². The summed E-state index contributed by atoms with van der Waals surface area (Å²) in [5.74, 6) is 1.72. The predicted octanol–water partition coefficient (Wildman–Crippen LogP) is 8.70. The summed E-state index contributed by atoms with van der Waals surface area (Å²) in [6, 6.07) is 43.9. The van der Waals surface area contributed by atoms with Gasteiger partial charge in [0.15, 0.2) is 0 Å². The van der Waals surface area contributed by atoms with Gasteiger partial charge in [-0.15, -0.1) is 0 Å². The van der Waals surface area contributed by atoms with Crippen LogP contribution in [0.25, 0.3) is 33.7 Å². The van der Waals surface area contributed by atoms with Crippen molar-refractivity contribution in [1.29, 1.82) is 0 Å². The summed E-state index contributed by atoms with van der Waals surface area (Å²) in [5, 5.41) is 0. The normalized spacial score (nSPS) is 14.1. The molecule has 36 heavy (non-hydrogen) atoms. The molecule has 0 amide bonds. The molecule has 2 heteroatoms. The average molecular weight is 466 g/mol. The molecule has 6 rings (SSSR count). The fraction of sp³-hybridized carbons (Fsp3) is 0.0882. The van der Waals surface area contributed by atoms with Gasteiger partial charge in [-0.3, -0.25) is 0 Å². The first-order valence-electron chi connectivity index (χ1n) is 12.5. The zero-order valence-electron chi connectivity index (χ0n) is 20.1. The van der Waals surface area contributed by atoms with Crippen LogP contribution in [0.5, 0.6) is 5.75 Å². The number of pyridine rings is 1. The van der Waals surface area contributed by atoms with Crippen LogP contribution >= 0.6 is 0 Å². The molecule has 1 aromatic heterocycles. The maximum atomic E-state index is 6.63. The lowest BCUT2D eigenvalue weighted by Crippen LogP contribution is -2.11. The van der Waals surface area contributed by atoms with E-state index in [1.54, 1.807) is 0 Å². The van der Waals surface area contributed by atoms with E-state index in [0.717, 1.165) is 53.3 Å². The molecule has 5 aromatic rings. The van der Waals surface area contributed by atoms with Crippen LogP contribution in [0.2, 0.25) is 0 Å². The summed E-state index contributed by atoms with van der Waals surface area (Å²) in [4.78, 5) is 5.30. The highest BCUT2D eigenvalue weighted by Gasteiger charge is 2.25. The smallest absolute Gasteiger partial charge is 0.139 e. The fourth-order valence-electron chi connectivity index (χ4n) is 4.98. The van der Waals surface area contributed by atoms with Gasteiger partial charge in [-0.2, -0.15) is 0 Å². The molecule has 1 heterocycles. The van der Waals surface area contributed by atoms with Crippen LogP contribution in [0, 0.1) is 0 Å². The molecule has 0 unspecified atom stereocenters. The maximum absolute atomic E-state index is 6.63. The predicted molar refractivity (Wildman–Crippen MR) is 148 cm³/mol. The van der Waals surface area contributed by atoms with Gasteiger partial charge in [0.1, 0.15) is 11.5 Å². The monoisotopic (exact) mass is 465 g/mol. The first-order chi connectivity index (χ1) is 17.9. The summed E-state index contributed by atoms with van der Waals surface area (Å²) >= 11 is 0. The first kappa shape index (κ1) is 22.1. The molecule has 1 aliphatic rings. The van der Waals surface area contributed by atoms with E-state index in [-0.39, 0.29) is 0 Å². The molecule has 4 aromatic carbocycles. The Morgan fingerprint density at radius 1 is 0.611 bits per heavy atom. The molecule has 0 aliphatic heterocycles. The van der Waals surface area contributed by atoms with Gasteiger partial charge in [0.05, 0.1) is 11.4 Å². The van der Waals surface area contributed by atoms with E-state index in [1.165, 1.54) is 22.3 Å². The first-order valence-corrected chi connectivity index (χ1v) is 12.5. The Balaban J connectivity index is 1.62. The third kappa shape index (κ3) is 4.46. The number of aromatic nitrogens is 1. The number of allylic oxidation sites excluding steroid dienone is 1. The lowest BCUT2D eigenvalue weighted by Gasteiger charge is -2.25. The minimum atomic E-state index is 0.832. The van der Waals surface area contributed by atoms with Crippen LogP contribution in [0.3, 0.4) is 0 Å². The lowest BCUT2D eigenvalue weighted by molar-refractivity contribution is 0.514. The minimum absolute atomic E-state index is 0.832. The standard InChI is InChI=1S/C34H27NO/c1-5-14-25(15-6-1)31-24-32(26-16-7-2-8-17-26)35-33-29(31)22-13-23-30(33)34(27-18-9-3-10-19-27)36-28-20-11-4-12-21-28/h1-12,14-21,24H,13,22-23H2/b34-30-. The van der Waals surface area contributed by atoms with E-state index < -0.39 is 0 Å². The van der Waals surface area contributed by atoms with Crippen molar-refractivity contribution in [3.63, 3.8) is 0 Å². The number of benzene rings is 4. The zero-order valence-corrected chi connectivity index (χ0v) is 20.1. The highest BCUT2D eigenvalue weighted by Crippen LogP contribution is 2.42. The van der Waals surface area contributed by atoms with E-state index in [1.807, 2.05) is 42.5 Å². The molecule has 0 fully saturated rings. The number of ether oxygens (including phenoxy) is 1. The Labute approximate surface area is 212 Å². The van der Waals surface area contributed by atoms with Crippen LogP contribution in [0.1, 0.15) is 29.7 Å². The van der Waals surface area contributed by atoms with Gasteiger partial charge in [0.25, 0.3) is 0 Å². The van der Waals surface area contributed by atoms with Crippen molar-refractivity contribution in [2.45, 2.75) is 19.3 Å². The van der Waals surface area contributed by atoms with Crippen LogP contribution in [0.4, 0.5) is 0 Å². The second-order valence-electron chi connectivity index (χ2n) is 9.06. The number of fused-ring (bicyclic) bond motifs is 1. The highest BCUT2D eigenvalue weighted by atomic mass is 16.5. The van der Waals surface area contributed by atoms with Gasteiger partial charge in [-0.1, -0.05) is 109 Å². The van der Waals surface area contributed by atoms with Crippen LogP contribution in [-0.2, 0) is 6.42 Å². The van der Waals surface area contributed by atoms with Crippen molar-refractivity contribution in [2.24, 2.45) is 0 Å². The molecule has 174 valence electrons. The molecule has 0 saturated carbocycles. The third-order valence-corrected chi connectivity index (χ3v) is 6.69. The van der Waals surface area contributed by atoms with E-state index in [4.69, 9.17) is 9.72 Å². The third-order valence-electron chi connectivity index (χ3n) is 6.69. The van der Waals surface area contributed by atoms with Gasteiger partial charge >= 0.3 is 0 Å². The van der Waals surface area contributed by atoms with Crippen molar-refractivity contribution in [3.05, 3.63) is 144 Å². The zero-order chi connectivity index (χ0) is 24.2. The molecule has 0 spiro atoms. The Bertz CT molecular complexity index is 1490. The molecule has 0 N–H and O–H groups in total. The van der Waals surface area contributed by atoms with Gasteiger partial charge in [0, 0.05) is 16.7 Å². The average Bonchev–Trinajstić information content (AvgIpc) is 2.97. The van der Waals surface area contributed by atoms with E-state index in [0.29, 0.717) is 0 Å². The summed E-state index contributed by atoms with van der Waals surface area (Å²) in [6.07, 6.45) is 2.98. The highest BCUT2D eigenvalue weighted by molar-refractivity contribution is 5.92. The van der Waals surface area contributed by atoms with E-state index in [9.17, 15) is 0 Å². The largest absolute Gasteiger partial charge is 0.456 e. The number of nitrogens with zero attached hydrogens (tertiary/aromatic N) is 1. The molecular weight excluding hydrogens is 438 g/mol. The summed E-state index contributed by atoms with van der Waals surface area (Å²) < 4.78 is 6.63. The molecule has 1 aliphatic carbocycles. The molecule has 0 radical (unpaired) electrons. The van der Waals surface area contributed by atoms with Gasteiger partial charge in [-0.25, -0.2) is 4.98 Å². The molecular formula is C34H27NO. The minimum Gasteiger partial charge on any atom is -0.456 e. The Morgan fingerprint density at radius 2 is 1.19 bits per heavy atom. The summed E-state index contributed by atoms with van der Waals surface area (Å²) in [6.45, 7) is 0. The Morgan fingerprint density at radius 3 is 1.86 bits per heavy atom. The fourth-order valence-corrected chi connectivity index (χ4v) is 4.98. The Kier molecular flexibility index (Phi) is 6.16. The second-order valence-corrected chi connectivity index (χ2v) is 9.06. The van der Waals surface area contributed by atoms with Crippen LogP contribution in [0.15, 0.2) is 127 Å². The van der Waals surface area contributed by atoms with Gasteiger partial charge in [-0.05, 0) is 54.2 Å². The second kappa shape index (κ2) is 10.1. The summed E-state index contributed by atoms with van der Waals surface area (Å²) in [5.41, 5.74) is 9.16. The van der Waals surface area contributed by atoms with Crippen LogP contribution in [-0.4, -0.2) is 4.98 Å². The van der Waals surface area contributed by atoms with Crippen molar-refractivity contribution in [3.8, 4) is 28.1 Å². The molecule has 0 saturated heterocycles. The maximum Gasteiger partial charge on any atom is 0.139 e. The topological polar surface area (TPSA) is 22.1 Å². The molecule has 2 nitrogen and oxygen atoms in total. The number of hydrogen-bond acceptors (Lipinski definition) is 2. The van der Waals surface area contributed by atoms with E-state index in [2.05, 4.69) is 84.9 Å². The lowest BCUT2D eigenvalue weighted by atomic mass is 9.84. The van der Waals surface area contributed by atoms with E-state index >= 15 is 0 Å². The molecule has 0 bridgehead atoms. The number of hydrogen-bond donors (Lipinski definition) is 0. The van der Waals surface area contributed by atoms with Crippen molar-refractivity contribution in [2.75, 3.05) is 0 Å². The SMILES string of the molecule is c1ccc(O/C(=C2/CCCc3c(-c4ccccc4)cc(-c4ccccc4)nc32)c2ccccc2)cc1. The van der Waals surface area contributed by atoms with Gasteiger partial charge in [0.2, 0.25) is 0 Å². The number of rotatable bonds is 5. The Hall–Kier alpha value is -4.43.